The Morgan fingerprint density at radius 1 is 1.22 bits per heavy atom. The summed E-state index contributed by atoms with van der Waals surface area (Å²) in [7, 11) is 3.85. The van der Waals surface area contributed by atoms with E-state index in [9.17, 15) is 4.79 Å². The zero-order valence-electron chi connectivity index (χ0n) is 18.8. The summed E-state index contributed by atoms with van der Waals surface area (Å²) in [6.45, 7) is 5.24. The molecule has 0 bridgehead atoms. The number of carbonyl (C=O) groups excluding carboxylic acids is 1. The number of aromatic nitrogens is 2. The highest BCUT2D eigenvalue weighted by atomic mass is 16.5. The van der Waals surface area contributed by atoms with Gasteiger partial charge in [0.2, 0.25) is 11.9 Å². The van der Waals surface area contributed by atoms with Crippen molar-refractivity contribution < 1.29 is 9.53 Å². The summed E-state index contributed by atoms with van der Waals surface area (Å²) in [5.74, 6) is 0.190. The minimum absolute atomic E-state index is 0.180. The molecule has 1 atom stereocenters. The van der Waals surface area contributed by atoms with Gasteiger partial charge in [0.05, 0.1) is 12.3 Å². The number of primary amides is 1. The lowest BCUT2D eigenvalue weighted by Gasteiger charge is -2.33. The van der Waals surface area contributed by atoms with E-state index in [4.69, 9.17) is 15.5 Å². The van der Waals surface area contributed by atoms with E-state index >= 15 is 0 Å². The first-order valence-corrected chi connectivity index (χ1v) is 10.7. The summed E-state index contributed by atoms with van der Waals surface area (Å²) in [4.78, 5) is 25.1. The number of aryl methyl sites for hydroxylation is 1. The summed E-state index contributed by atoms with van der Waals surface area (Å²) in [5.41, 5.74) is 11.1. The van der Waals surface area contributed by atoms with E-state index in [0.29, 0.717) is 18.1 Å². The van der Waals surface area contributed by atoms with Crippen LogP contribution in [-0.4, -0.2) is 54.6 Å². The van der Waals surface area contributed by atoms with Gasteiger partial charge in [0.15, 0.2) is 0 Å². The molecule has 7 heteroatoms. The number of rotatable bonds is 6. The molecular weight excluding hydrogens is 402 g/mol. The fourth-order valence-corrected chi connectivity index (χ4v) is 3.96. The molecule has 1 saturated heterocycles. The lowest BCUT2D eigenvalue weighted by Crippen LogP contribution is -2.38. The van der Waals surface area contributed by atoms with Gasteiger partial charge >= 0.3 is 0 Å². The minimum atomic E-state index is -0.446. The summed E-state index contributed by atoms with van der Waals surface area (Å²) in [6, 6.07) is 15.8. The van der Waals surface area contributed by atoms with Gasteiger partial charge in [-0.25, -0.2) is 9.97 Å². The molecule has 1 aliphatic rings. The number of morpholine rings is 1. The first kappa shape index (κ1) is 21.9. The lowest BCUT2D eigenvalue weighted by atomic mass is 10.00. The third-order valence-electron chi connectivity index (χ3n) is 5.63. The van der Waals surface area contributed by atoms with Crippen molar-refractivity contribution in [3.63, 3.8) is 0 Å². The average Bonchev–Trinajstić information content (AvgIpc) is 2.79. The molecule has 3 aromatic rings. The number of hydrogen-bond donors (Lipinski definition) is 1. The molecule has 0 saturated carbocycles. The van der Waals surface area contributed by atoms with E-state index in [1.165, 1.54) is 11.1 Å². The summed E-state index contributed by atoms with van der Waals surface area (Å²) in [5, 5.41) is 0. The SMILES string of the molecule is Cc1cccc(CN2CCO[C@H](c3nc(N(C)C)ncc3-c3ccc(C(N)=O)cc3)C2)c1. The maximum Gasteiger partial charge on any atom is 0.248 e. The Balaban J connectivity index is 1.64. The normalized spacial score (nSPS) is 16.7. The van der Waals surface area contributed by atoms with Crippen molar-refractivity contribution in [3.8, 4) is 11.1 Å². The smallest absolute Gasteiger partial charge is 0.248 e. The Kier molecular flexibility index (Phi) is 6.48. The summed E-state index contributed by atoms with van der Waals surface area (Å²) >= 11 is 0. The van der Waals surface area contributed by atoms with Crippen LogP contribution < -0.4 is 10.6 Å². The number of benzene rings is 2. The molecule has 0 radical (unpaired) electrons. The molecule has 4 rings (SSSR count). The number of hydrogen-bond acceptors (Lipinski definition) is 6. The molecule has 2 aromatic carbocycles. The molecule has 2 heterocycles. The molecule has 7 nitrogen and oxygen atoms in total. The Morgan fingerprint density at radius 2 is 2.00 bits per heavy atom. The van der Waals surface area contributed by atoms with E-state index in [1.54, 1.807) is 12.1 Å². The van der Waals surface area contributed by atoms with Gasteiger partial charge in [-0.1, -0.05) is 42.0 Å². The second kappa shape index (κ2) is 9.46. The number of ether oxygens (including phenoxy) is 1. The van der Waals surface area contributed by atoms with Crippen LogP contribution in [0.2, 0.25) is 0 Å². The van der Waals surface area contributed by atoms with Gasteiger partial charge in [-0.15, -0.1) is 0 Å². The van der Waals surface area contributed by atoms with Crippen molar-refractivity contribution in [3.05, 3.63) is 77.1 Å². The van der Waals surface area contributed by atoms with Crippen LogP contribution in [0.5, 0.6) is 0 Å². The van der Waals surface area contributed by atoms with Gasteiger partial charge in [-0.3, -0.25) is 9.69 Å². The van der Waals surface area contributed by atoms with E-state index in [1.807, 2.05) is 37.3 Å². The monoisotopic (exact) mass is 431 g/mol. The second-order valence-electron chi connectivity index (χ2n) is 8.39. The molecule has 0 aliphatic carbocycles. The van der Waals surface area contributed by atoms with Gasteiger partial charge in [0.1, 0.15) is 6.10 Å². The van der Waals surface area contributed by atoms with Crippen molar-refractivity contribution in [1.82, 2.24) is 14.9 Å². The van der Waals surface area contributed by atoms with Crippen molar-refractivity contribution in [2.75, 3.05) is 38.7 Å². The number of amides is 1. The largest absolute Gasteiger partial charge is 0.369 e. The first-order valence-electron chi connectivity index (χ1n) is 10.7. The topological polar surface area (TPSA) is 84.6 Å². The van der Waals surface area contributed by atoms with E-state index in [2.05, 4.69) is 41.1 Å². The molecular formula is C25H29N5O2. The van der Waals surface area contributed by atoms with Crippen LogP contribution in [0.15, 0.2) is 54.7 Å². The Morgan fingerprint density at radius 3 is 2.69 bits per heavy atom. The molecule has 0 spiro atoms. The molecule has 1 amide bonds. The van der Waals surface area contributed by atoms with Crippen LogP contribution in [0.25, 0.3) is 11.1 Å². The Hall–Kier alpha value is -3.29. The highest BCUT2D eigenvalue weighted by molar-refractivity contribution is 5.93. The standard InChI is InChI=1S/C25H29N5O2/c1-17-5-4-6-18(13-17)15-30-11-12-32-22(16-30)23-21(14-27-25(28-23)29(2)3)19-7-9-20(10-8-19)24(26)31/h4-10,13-14,22H,11-12,15-16H2,1-3H3,(H2,26,31)/t22-/m0/s1. The third kappa shape index (κ3) is 4.95. The van der Waals surface area contributed by atoms with Gasteiger partial charge in [-0.05, 0) is 30.2 Å². The average molecular weight is 432 g/mol. The van der Waals surface area contributed by atoms with Gasteiger partial charge < -0.3 is 15.4 Å². The summed E-state index contributed by atoms with van der Waals surface area (Å²) < 4.78 is 6.19. The zero-order chi connectivity index (χ0) is 22.7. The van der Waals surface area contributed by atoms with Crippen molar-refractivity contribution in [2.24, 2.45) is 5.73 Å². The third-order valence-corrected chi connectivity index (χ3v) is 5.63. The van der Waals surface area contributed by atoms with Gasteiger partial charge in [0.25, 0.3) is 0 Å². The number of nitrogens with zero attached hydrogens (tertiary/aromatic N) is 4. The number of anilines is 1. The predicted octanol–water partition coefficient (Wildman–Crippen LogP) is 3.19. The van der Waals surface area contributed by atoms with Crippen molar-refractivity contribution in [2.45, 2.75) is 19.6 Å². The van der Waals surface area contributed by atoms with Crippen LogP contribution in [0.1, 0.15) is 33.3 Å². The second-order valence-corrected chi connectivity index (χ2v) is 8.39. The summed E-state index contributed by atoms with van der Waals surface area (Å²) in [6.07, 6.45) is 1.65. The van der Waals surface area contributed by atoms with E-state index in [0.717, 1.165) is 36.5 Å². The maximum absolute atomic E-state index is 11.5. The van der Waals surface area contributed by atoms with Crippen LogP contribution in [0, 0.1) is 6.92 Å². The number of nitrogens with two attached hydrogens (primary N) is 1. The quantitative estimate of drug-likeness (QED) is 0.645. The van der Waals surface area contributed by atoms with E-state index in [-0.39, 0.29) is 6.10 Å². The van der Waals surface area contributed by atoms with Crippen LogP contribution >= 0.6 is 0 Å². The van der Waals surface area contributed by atoms with Gasteiger partial charge in [0, 0.05) is 51.1 Å². The fraction of sp³-hybridized carbons (Fsp3) is 0.320. The Labute approximate surface area is 188 Å². The zero-order valence-corrected chi connectivity index (χ0v) is 18.8. The molecule has 0 unspecified atom stereocenters. The molecule has 1 fully saturated rings. The lowest BCUT2D eigenvalue weighted by molar-refractivity contribution is -0.0347. The molecule has 2 N–H and O–H groups in total. The predicted molar refractivity (Wildman–Crippen MR) is 125 cm³/mol. The Bertz CT molecular complexity index is 1100. The van der Waals surface area contributed by atoms with Crippen molar-refractivity contribution >= 4 is 11.9 Å². The van der Waals surface area contributed by atoms with Crippen molar-refractivity contribution in [1.29, 1.82) is 0 Å². The van der Waals surface area contributed by atoms with Crippen LogP contribution in [0.4, 0.5) is 5.95 Å². The minimum Gasteiger partial charge on any atom is -0.369 e. The van der Waals surface area contributed by atoms with Gasteiger partial charge in [-0.2, -0.15) is 0 Å². The highest BCUT2D eigenvalue weighted by Crippen LogP contribution is 2.32. The van der Waals surface area contributed by atoms with Crippen LogP contribution in [-0.2, 0) is 11.3 Å². The fourth-order valence-electron chi connectivity index (χ4n) is 3.96. The first-order chi connectivity index (χ1) is 15.4. The van der Waals surface area contributed by atoms with E-state index < -0.39 is 5.91 Å². The molecule has 32 heavy (non-hydrogen) atoms. The molecule has 166 valence electrons. The number of carbonyl (C=O) groups is 1. The molecule has 1 aliphatic heterocycles. The maximum atomic E-state index is 11.5. The highest BCUT2D eigenvalue weighted by Gasteiger charge is 2.27. The van der Waals surface area contributed by atoms with Crippen LogP contribution in [0.3, 0.4) is 0 Å². The molecule has 1 aromatic heterocycles.